The van der Waals surface area contributed by atoms with E-state index in [1.165, 1.54) is 0 Å². The molecule has 0 saturated carbocycles. The summed E-state index contributed by atoms with van der Waals surface area (Å²) in [5, 5.41) is 8.64. The zero-order valence-electron chi connectivity index (χ0n) is 8.44. The van der Waals surface area contributed by atoms with Crippen molar-refractivity contribution in [1.29, 1.82) is 5.26 Å². The van der Waals surface area contributed by atoms with E-state index in [1.54, 1.807) is 0 Å². The highest BCUT2D eigenvalue weighted by Gasteiger charge is 2.09. The van der Waals surface area contributed by atoms with Gasteiger partial charge in [-0.2, -0.15) is 5.26 Å². The molecule has 0 amide bonds. The van der Waals surface area contributed by atoms with E-state index in [0.29, 0.717) is 6.54 Å². The number of rotatable bonds is 4. The lowest BCUT2D eigenvalue weighted by Gasteiger charge is -2.21. The zero-order valence-corrected chi connectivity index (χ0v) is 8.44. The maximum absolute atomic E-state index is 8.64. The van der Waals surface area contributed by atoms with E-state index in [9.17, 15) is 0 Å². The molecule has 0 aliphatic heterocycles. The van der Waals surface area contributed by atoms with Gasteiger partial charge in [-0.25, -0.2) is 0 Å². The van der Waals surface area contributed by atoms with Crippen LogP contribution in [0.3, 0.4) is 0 Å². The Balaban J connectivity index is 3.50. The number of hydrogen-bond donors (Lipinski definition) is 2. The molecule has 0 aromatic heterocycles. The molecular weight excluding hydrogens is 150 g/mol. The molecule has 0 aromatic carbocycles. The second-order valence-electron chi connectivity index (χ2n) is 3.99. The van der Waals surface area contributed by atoms with Crippen molar-refractivity contribution in [3.8, 4) is 6.07 Å². The summed E-state index contributed by atoms with van der Waals surface area (Å²) >= 11 is 0. The Morgan fingerprint density at radius 3 is 2.33 bits per heavy atom. The van der Waals surface area contributed by atoms with Crippen LogP contribution in [0.1, 0.15) is 34.1 Å². The first-order valence-corrected chi connectivity index (χ1v) is 4.39. The van der Waals surface area contributed by atoms with Crippen LogP contribution < -0.4 is 10.9 Å². The average Bonchev–Trinajstić information content (AvgIpc) is 1.96. The topological polar surface area (TPSA) is 47.9 Å². The van der Waals surface area contributed by atoms with Gasteiger partial charge in [-0.1, -0.05) is 6.92 Å². The molecule has 0 bridgehead atoms. The third-order valence-corrected chi connectivity index (χ3v) is 1.49. The summed E-state index contributed by atoms with van der Waals surface area (Å²) in [5.74, 6) is 0.111. The van der Waals surface area contributed by atoms with Gasteiger partial charge in [0.2, 0.25) is 0 Å². The molecule has 0 rings (SSSR count). The highest BCUT2D eigenvalue weighted by atomic mass is 15.4. The van der Waals surface area contributed by atoms with Gasteiger partial charge in [0.15, 0.2) is 0 Å². The lowest BCUT2D eigenvalue weighted by molar-refractivity contribution is 0.342. The van der Waals surface area contributed by atoms with E-state index in [4.69, 9.17) is 5.26 Å². The molecule has 2 N–H and O–H groups in total. The molecule has 3 heteroatoms. The van der Waals surface area contributed by atoms with Gasteiger partial charge in [0, 0.05) is 12.1 Å². The summed E-state index contributed by atoms with van der Waals surface area (Å²) in [4.78, 5) is 0. The van der Waals surface area contributed by atoms with Crippen molar-refractivity contribution in [3.63, 3.8) is 0 Å². The summed E-state index contributed by atoms with van der Waals surface area (Å²) in [5.41, 5.74) is 6.24. The highest BCUT2D eigenvalue weighted by Crippen LogP contribution is 1.99. The van der Waals surface area contributed by atoms with E-state index < -0.39 is 0 Å². The number of nitrogens with one attached hydrogen (secondary N) is 2. The largest absolute Gasteiger partial charge is 0.256 e. The quantitative estimate of drug-likeness (QED) is 0.626. The van der Waals surface area contributed by atoms with Gasteiger partial charge in [0.1, 0.15) is 0 Å². The van der Waals surface area contributed by atoms with E-state index in [0.717, 1.165) is 6.42 Å². The van der Waals surface area contributed by atoms with Crippen LogP contribution in [0.25, 0.3) is 0 Å². The molecule has 0 aliphatic carbocycles. The first-order chi connectivity index (χ1) is 5.49. The van der Waals surface area contributed by atoms with E-state index in [2.05, 4.69) is 37.7 Å². The van der Waals surface area contributed by atoms with Gasteiger partial charge in [-0.05, 0) is 27.2 Å². The minimum atomic E-state index is 0.0632. The predicted molar refractivity (Wildman–Crippen MR) is 50.3 cm³/mol. The zero-order chi connectivity index (χ0) is 9.61. The number of hydrogen-bond acceptors (Lipinski definition) is 3. The summed E-state index contributed by atoms with van der Waals surface area (Å²) in [7, 11) is 0. The molecule has 0 aromatic rings. The van der Waals surface area contributed by atoms with Crippen molar-refractivity contribution < 1.29 is 0 Å². The van der Waals surface area contributed by atoms with Crippen molar-refractivity contribution in [1.82, 2.24) is 10.9 Å². The molecule has 0 spiro atoms. The highest BCUT2D eigenvalue weighted by molar-refractivity contribution is 4.83. The summed E-state index contributed by atoms with van der Waals surface area (Å²) in [6, 6.07) is 2.24. The van der Waals surface area contributed by atoms with Gasteiger partial charge < -0.3 is 0 Å². The van der Waals surface area contributed by atoms with Crippen molar-refractivity contribution in [2.45, 2.75) is 39.7 Å². The molecule has 70 valence electrons. The Bertz CT molecular complexity index is 152. The van der Waals surface area contributed by atoms with Crippen LogP contribution in [0, 0.1) is 17.2 Å². The third kappa shape index (κ3) is 6.14. The number of nitriles is 1. The van der Waals surface area contributed by atoms with Gasteiger partial charge >= 0.3 is 0 Å². The van der Waals surface area contributed by atoms with Gasteiger partial charge in [0.05, 0.1) is 12.0 Å². The minimum Gasteiger partial charge on any atom is -0.256 e. The van der Waals surface area contributed by atoms with Crippen LogP contribution >= 0.6 is 0 Å². The fourth-order valence-corrected chi connectivity index (χ4v) is 0.721. The van der Waals surface area contributed by atoms with Crippen molar-refractivity contribution in [2.24, 2.45) is 5.92 Å². The average molecular weight is 169 g/mol. The molecule has 0 fully saturated rings. The van der Waals surface area contributed by atoms with E-state index in [-0.39, 0.29) is 11.5 Å². The fourth-order valence-electron chi connectivity index (χ4n) is 0.721. The Morgan fingerprint density at radius 1 is 1.42 bits per heavy atom. The Kier molecular flexibility index (Phi) is 4.87. The molecule has 1 unspecified atom stereocenters. The van der Waals surface area contributed by atoms with Crippen LogP contribution in [0.4, 0.5) is 0 Å². The van der Waals surface area contributed by atoms with Crippen LogP contribution in [0.2, 0.25) is 0 Å². The minimum absolute atomic E-state index is 0.0632. The maximum Gasteiger partial charge on any atom is 0.0669 e. The Labute approximate surface area is 75.1 Å². The van der Waals surface area contributed by atoms with Gasteiger partial charge in [-0.15, -0.1) is 0 Å². The lowest BCUT2D eigenvalue weighted by Crippen LogP contribution is -2.47. The Hall–Kier alpha value is -0.590. The number of nitrogens with zero attached hydrogens (tertiary/aromatic N) is 1. The predicted octanol–water partition coefficient (Wildman–Crippen LogP) is 1.43. The molecular formula is C9H19N3. The smallest absolute Gasteiger partial charge is 0.0669 e. The first-order valence-electron chi connectivity index (χ1n) is 4.39. The SMILES string of the molecule is CCC(C#N)CNNC(C)(C)C. The van der Waals surface area contributed by atoms with Crippen LogP contribution in [0.5, 0.6) is 0 Å². The molecule has 12 heavy (non-hydrogen) atoms. The second-order valence-corrected chi connectivity index (χ2v) is 3.99. The molecule has 1 atom stereocenters. The molecule has 0 aliphatic rings. The molecule has 0 saturated heterocycles. The lowest BCUT2D eigenvalue weighted by atomic mass is 10.1. The van der Waals surface area contributed by atoms with Crippen molar-refractivity contribution in [2.75, 3.05) is 6.54 Å². The number of hydrazine groups is 1. The second kappa shape index (κ2) is 5.13. The standard InChI is InChI=1S/C9H19N3/c1-5-8(6-10)7-11-12-9(2,3)4/h8,11-12H,5,7H2,1-4H3. The Morgan fingerprint density at radius 2 is 2.00 bits per heavy atom. The van der Waals surface area contributed by atoms with Crippen LogP contribution in [-0.2, 0) is 0 Å². The molecule has 0 heterocycles. The first kappa shape index (κ1) is 11.4. The van der Waals surface area contributed by atoms with Crippen LogP contribution in [0.15, 0.2) is 0 Å². The maximum atomic E-state index is 8.64. The molecule has 3 nitrogen and oxygen atoms in total. The van der Waals surface area contributed by atoms with Gasteiger partial charge in [0.25, 0.3) is 0 Å². The van der Waals surface area contributed by atoms with E-state index in [1.807, 2.05) is 6.92 Å². The monoisotopic (exact) mass is 169 g/mol. The summed E-state index contributed by atoms with van der Waals surface area (Å²) < 4.78 is 0. The van der Waals surface area contributed by atoms with E-state index >= 15 is 0 Å². The third-order valence-electron chi connectivity index (χ3n) is 1.49. The molecule has 0 radical (unpaired) electrons. The fraction of sp³-hybridized carbons (Fsp3) is 0.889. The van der Waals surface area contributed by atoms with Crippen molar-refractivity contribution in [3.05, 3.63) is 0 Å². The van der Waals surface area contributed by atoms with Crippen LogP contribution in [-0.4, -0.2) is 12.1 Å². The normalized spacial score (nSPS) is 13.9. The summed E-state index contributed by atoms with van der Waals surface area (Å²) in [6.07, 6.45) is 0.898. The van der Waals surface area contributed by atoms with Crippen molar-refractivity contribution >= 4 is 0 Å². The summed E-state index contributed by atoms with van der Waals surface area (Å²) in [6.45, 7) is 8.96. The van der Waals surface area contributed by atoms with Gasteiger partial charge in [-0.3, -0.25) is 10.9 Å².